The van der Waals surface area contributed by atoms with Crippen LogP contribution in [0.25, 0.3) is 0 Å². The number of carbonyl (C=O) groups excluding carboxylic acids is 2. The average Bonchev–Trinajstić information content (AvgIpc) is 2.94. The number of hydrogen-bond donors (Lipinski definition) is 1. The van der Waals surface area contributed by atoms with Crippen molar-refractivity contribution in [3.63, 3.8) is 0 Å². The fourth-order valence-electron chi connectivity index (χ4n) is 2.67. The van der Waals surface area contributed by atoms with E-state index in [1.807, 2.05) is 0 Å². The van der Waals surface area contributed by atoms with Gasteiger partial charge in [0.05, 0.1) is 5.69 Å². The van der Waals surface area contributed by atoms with Gasteiger partial charge < -0.3 is 10.1 Å². The first-order valence-corrected chi connectivity index (χ1v) is 8.76. The topological polar surface area (TPSA) is 73.2 Å². The van der Waals surface area contributed by atoms with Crippen molar-refractivity contribution < 1.29 is 18.7 Å². The van der Waals surface area contributed by atoms with Crippen LogP contribution in [0, 0.1) is 12.7 Å². The number of amides is 1. The van der Waals surface area contributed by atoms with Gasteiger partial charge in [-0.2, -0.15) is 5.10 Å². The third-order valence-electron chi connectivity index (χ3n) is 4.03. The molecule has 0 saturated carbocycles. The number of aryl methyl sites for hydroxylation is 2. The first-order chi connectivity index (χ1) is 13.4. The van der Waals surface area contributed by atoms with E-state index in [4.69, 9.17) is 16.3 Å². The number of carbonyl (C=O) groups is 2. The summed E-state index contributed by atoms with van der Waals surface area (Å²) in [4.78, 5) is 25.5. The number of aromatic nitrogens is 2. The van der Waals surface area contributed by atoms with E-state index in [0.717, 1.165) is 0 Å². The van der Waals surface area contributed by atoms with Crippen LogP contribution in [0.5, 0.6) is 0 Å². The van der Waals surface area contributed by atoms with Crippen molar-refractivity contribution in [2.24, 2.45) is 7.05 Å². The zero-order valence-corrected chi connectivity index (χ0v) is 15.9. The van der Waals surface area contributed by atoms with Crippen molar-refractivity contribution >= 4 is 29.2 Å². The number of nitrogens with zero attached hydrogens (tertiary/aromatic N) is 2. The van der Waals surface area contributed by atoms with Gasteiger partial charge in [-0.15, -0.1) is 0 Å². The molecule has 3 aromatic rings. The zero-order chi connectivity index (χ0) is 20.3. The van der Waals surface area contributed by atoms with Gasteiger partial charge in [0.25, 0.3) is 5.91 Å². The molecule has 0 aliphatic carbocycles. The molecule has 6 nitrogen and oxygen atoms in total. The van der Waals surface area contributed by atoms with Crippen LogP contribution in [0.3, 0.4) is 0 Å². The van der Waals surface area contributed by atoms with E-state index in [2.05, 4.69) is 10.4 Å². The predicted molar refractivity (Wildman–Crippen MR) is 103 cm³/mol. The number of rotatable bonds is 5. The quantitative estimate of drug-likeness (QED) is 0.654. The largest absolute Gasteiger partial charge is 0.444 e. The Bertz CT molecular complexity index is 1000. The summed E-state index contributed by atoms with van der Waals surface area (Å²) in [7, 11) is 1.60. The standard InChI is InChI=1S/C20H17ClFN3O3/c1-12-16(18(21)25(2)24-12)20(27)28-17(13-6-4-3-5-7-13)19(26)23-15-10-8-14(22)9-11-15/h3-11,17H,1-2H3,(H,23,26). The highest BCUT2D eigenvalue weighted by atomic mass is 35.5. The maximum atomic E-state index is 13.1. The summed E-state index contributed by atoms with van der Waals surface area (Å²) >= 11 is 6.13. The Labute approximate surface area is 165 Å². The molecule has 0 saturated heterocycles. The van der Waals surface area contributed by atoms with Gasteiger partial charge in [0, 0.05) is 18.3 Å². The minimum Gasteiger partial charge on any atom is -0.444 e. The summed E-state index contributed by atoms with van der Waals surface area (Å²) < 4.78 is 19.9. The summed E-state index contributed by atoms with van der Waals surface area (Å²) in [5.74, 6) is -1.77. The Hall–Kier alpha value is -3.19. The van der Waals surface area contributed by atoms with Gasteiger partial charge in [-0.3, -0.25) is 9.48 Å². The van der Waals surface area contributed by atoms with Crippen molar-refractivity contribution in [1.82, 2.24) is 9.78 Å². The number of nitrogens with one attached hydrogen (secondary N) is 1. The molecule has 8 heteroatoms. The van der Waals surface area contributed by atoms with Crippen LogP contribution in [0.15, 0.2) is 54.6 Å². The van der Waals surface area contributed by atoms with Gasteiger partial charge in [-0.25, -0.2) is 9.18 Å². The lowest BCUT2D eigenvalue weighted by Gasteiger charge is -2.18. The van der Waals surface area contributed by atoms with Gasteiger partial charge in [0.1, 0.15) is 16.5 Å². The Balaban J connectivity index is 1.88. The molecule has 0 radical (unpaired) electrons. The summed E-state index contributed by atoms with van der Waals surface area (Å²) in [5, 5.41) is 6.82. The van der Waals surface area contributed by atoms with Gasteiger partial charge in [0.15, 0.2) is 0 Å². The molecule has 1 atom stereocenters. The predicted octanol–water partition coefficient (Wildman–Crippen LogP) is 4.06. The second-order valence-corrected chi connectivity index (χ2v) is 6.43. The maximum Gasteiger partial charge on any atom is 0.344 e. The fourth-order valence-corrected chi connectivity index (χ4v) is 2.92. The number of halogens is 2. The summed E-state index contributed by atoms with van der Waals surface area (Å²) in [5.41, 5.74) is 1.34. The van der Waals surface area contributed by atoms with E-state index in [0.29, 0.717) is 16.9 Å². The molecule has 3 rings (SSSR count). The van der Waals surface area contributed by atoms with Crippen molar-refractivity contribution in [2.45, 2.75) is 13.0 Å². The highest BCUT2D eigenvalue weighted by molar-refractivity contribution is 6.32. The van der Waals surface area contributed by atoms with Gasteiger partial charge in [-0.1, -0.05) is 41.9 Å². The number of benzene rings is 2. The highest BCUT2D eigenvalue weighted by Crippen LogP contribution is 2.25. The molecule has 0 spiro atoms. The molecule has 2 aromatic carbocycles. The lowest BCUT2D eigenvalue weighted by molar-refractivity contribution is -0.125. The van der Waals surface area contributed by atoms with E-state index in [-0.39, 0.29) is 10.7 Å². The maximum absolute atomic E-state index is 13.1. The molecule has 1 aromatic heterocycles. The Morgan fingerprint density at radius 2 is 1.79 bits per heavy atom. The number of anilines is 1. The van der Waals surface area contributed by atoms with E-state index < -0.39 is 23.8 Å². The molecule has 28 heavy (non-hydrogen) atoms. The molecule has 1 amide bonds. The van der Waals surface area contributed by atoms with Crippen molar-refractivity contribution in [2.75, 3.05) is 5.32 Å². The van der Waals surface area contributed by atoms with Gasteiger partial charge in [-0.05, 0) is 31.2 Å². The van der Waals surface area contributed by atoms with Gasteiger partial charge in [0.2, 0.25) is 6.10 Å². The SMILES string of the molecule is Cc1nn(C)c(Cl)c1C(=O)OC(C(=O)Nc1ccc(F)cc1)c1ccccc1. The van der Waals surface area contributed by atoms with Crippen LogP contribution in [-0.2, 0) is 16.6 Å². The van der Waals surface area contributed by atoms with Crippen molar-refractivity contribution in [1.29, 1.82) is 0 Å². The van der Waals surface area contributed by atoms with Gasteiger partial charge >= 0.3 is 5.97 Å². The smallest absolute Gasteiger partial charge is 0.344 e. The zero-order valence-electron chi connectivity index (χ0n) is 15.1. The summed E-state index contributed by atoms with van der Waals surface area (Å²) in [6.45, 7) is 1.62. The summed E-state index contributed by atoms with van der Waals surface area (Å²) in [6.07, 6.45) is -1.23. The van der Waals surface area contributed by atoms with Crippen molar-refractivity contribution in [3.05, 3.63) is 82.4 Å². The molecule has 1 unspecified atom stereocenters. The average molecular weight is 402 g/mol. The molecule has 0 bridgehead atoms. The van der Waals surface area contributed by atoms with E-state index in [1.165, 1.54) is 28.9 Å². The first-order valence-electron chi connectivity index (χ1n) is 8.38. The lowest BCUT2D eigenvalue weighted by Crippen LogP contribution is -2.26. The fraction of sp³-hybridized carbons (Fsp3) is 0.150. The highest BCUT2D eigenvalue weighted by Gasteiger charge is 2.29. The molecule has 0 aliphatic heterocycles. The molecule has 0 fully saturated rings. The summed E-state index contributed by atoms with van der Waals surface area (Å²) in [6, 6.07) is 13.8. The Kier molecular flexibility index (Phi) is 5.75. The molecule has 144 valence electrons. The molecule has 1 heterocycles. The van der Waals surface area contributed by atoms with E-state index in [9.17, 15) is 14.0 Å². The third kappa shape index (κ3) is 4.20. The van der Waals surface area contributed by atoms with Crippen LogP contribution in [0.2, 0.25) is 5.15 Å². The Morgan fingerprint density at radius 1 is 1.14 bits per heavy atom. The van der Waals surface area contributed by atoms with E-state index in [1.54, 1.807) is 44.3 Å². The second kappa shape index (κ2) is 8.22. The molecular formula is C20H17ClFN3O3. The first kappa shape index (κ1) is 19.6. The normalized spacial score (nSPS) is 11.7. The number of esters is 1. The number of ether oxygens (including phenoxy) is 1. The lowest BCUT2D eigenvalue weighted by atomic mass is 10.1. The second-order valence-electron chi connectivity index (χ2n) is 6.07. The molecular weight excluding hydrogens is 385 g/mol. The molecule has 1 N–H and O–H groups in total. The number of hydrogen-bond acceptors (Lipinski definition) is 4. The van der Waals surface area contributed by atoms with Crippen LogP contribution in [-0.4, -0.2) is 21.7 Å². The third-order valence-corrected chi connectivity index (χ3v) is 4.47. The Morgan fingerprint density at radius 3 is 2.36 bits per heavy atom. The minimum absolute atomic E-state index is 0.0969. The minimum atomic E-state index is -1.23. The van der Waals surface area contributed by atoms with E-state index >= 15 is 0 Å². The van der Waals surface area contributed by atoms with Crippen molar-refractivity contribution in [3.8, 4) is 0 Å². The van der Waals surface area contributed by atoms with Crippen LogP contribution < -0.4 is 5.32 Å². The molecule has 0 aliphatic rings. The van der Waals surface area contributed by atoms with Crippen LogP contribution in [0.1, 0.15) is 27.7 Å². The van der Waals surface area contributed by atoms with Crippen LogP contribution >= 0.6 is 11.6 Å². The van der Waals surface area contributed by atoms with Crippen LogP contribution in [0.4, 0.5) is 10.1 Å². The monoisotopic (exact) mass is 401 g/mol.